The number of aromatic nitrogens is 1. The molecule has 3 N–H and O–H groups in total. The lowest BCUT2D eigenvalue weighted by Gasteiger charge is -2.37. The molecule has 0 saturated carbocycles. The van der Waals surface area contributed by atoms with Gasteiger partial charge in [-0.1, -0.05) is 60.7 Å². The number of aromatic amines is 1. The molecule has 6 rings (SSSR count). The number of benzene rings is 4. The highest BCUT2D eigenvalue weighted by molar-refractivity contribution is 5.99. The van der Waals surface area contributed by atoms with Crippen molar-refractivity contribution in [1.82, 2.24) is 20.5 Å². The Balaban J connectivity index is 1.14. The molecule has 0 bridgehead atoms. The maximum atomic E-state index is 14.1. The fraction of sp³-hybridized carbons (Fsp3) is 0.300. The lowest BCUT2D eigenvalue weighted by molar-refractivity contribution is -0.120. The fourth-order valence-electron chi connectivity index (χ4n) is 7.12. The molecule has 0 unspecified atom stereocenters. The van der Waals surface area contributed by atoms with Gasteiger partial charge >= 0.3 is 0 Å². The first-order chi connectivity index (χ1) is 23.8. The zero-order chi connectivity index (χ0) is 34.2. The summed E-state index contributed by atoms with van der Waals surface area (Å²) in [5.41, 5.74) is 3.32. The number of carbonyl (C=O) groups excluding carboxylic acids is 2. The topological polar surface area (TPSA) is 86.5 Å². The van der Waals surface area contributed by atoms with Crippen LogP contribution in [0.25, 0.3) is 10.9 Å². The molecular weight excluding hydrogens is 622 g/mol. The molecule has 2 heterocycles. The number of para-hydroxylation sites is 2. The number of fused-ring (bicyclic) bond motifs is 1. The molecule has 1 saturated heterocycles. The number of nitrogens with zero attached hydrogens (tertiary/aromatic N) is 1. The summed E-state index contributed by atoms with van der Waals surface area (Å²) in [5, 5.41) is 6.64. The summed E-state index contributed by atoms with van der Waals surface area (Å²) < 4.78 is 33.9. The highest BCUT2D eigenvalue weighted by Gasteiger charge is 2.35. The molecule has 1 aliphatic rings. The van der Waals surface area contributed by atoms with Crippen molar-refractivity contribution in [3.63, 3.8) is 0 Å². The Morgan fingerprint density at radius 2 is 1.49 bits per heavy atom. The number of likely N-dealkylation sites (tertiary alicyclic amines) is 1. The van der Waals surface area contributed by atoms with Crippen molar-refractivity contribution >= 4 is 22.7 Å². The van der Waals surface area contributed by atoms with Crippen molar-refractivity contribution in [2.75, 3.05) is 39.8 Å². The lowest BCUT2D eigenvalue weighted by Crippen LogP contribution is -2.45. The van der Waals surface area contributed by atoms with Crippen LogP contribution in [0.4, 0.5) is 8.78 Å². The minimum absolute atomic E-state index is 0.182. The summed E-state index contributed by atoms with van der Waals surface area (Å²) in [6.45, 7) is 2.71. The maximum absolute atomic E-state index is 14.1. The van der Waals surface area contributed by atoms with Gasteiger partial charge in [-0.05, 0) is 110 Å². The van der Waals surface area contributed by atoms with Gasteiger partial charge in [0.15, 0.2) is 0 Å². The Hall–Kier alpha value is -5.02. The van der Waals surface area contributed by atoms with Crippen molar-refractivity contribution < 1.29 is 23.1 Å². The van der Waals surface area contributed by atoms with Crippen molar-refractivity contribution in [1.29, 1.82) is 0 Å². The molecule has 0 atom stereocenters. The number of H-pyrrole nitrogens is 1. The summed E-state index contributed by atoms with van der Waals surface area (Å²) in [6, 6.07) is 30.2. The average molecular weight is 665 g/mol. The van der Waals surface area contributed by atoms with Crippen LogP contribution in [0.5, 0.6) is 5.75 Å². The van der Waals surface area contributed by atoms with Crippen molar-refractivity contribution in [3.8, 4) is 5.75 Å². The zero-order valence-corrected chi connectivity index (χ0v) is 27.7. The number of rotatable bonds is 13. The summed E-state index contributed by atoms with van der Waals surface area (Å²) >= 11 is 0. The monoisotopic (exact) mass is 664 g/mol. The SMILES string of the molecule is COc1ccccc1C1CCN(CCCC(CNC(=O)CNC(=O)c2cc3ccccc3[nH]2)(c2ccc(F)cc2)c2ccc(F)cc2)CC1. The van der Waals surface area contributed by atoms with Gasteiger partial charge in [-0.2, -0.15) is 0 Å². The van der Waals surface area contributed by atoms with Crippen molar-refractivity contribution in [2.45, 2.75) is 37.0 Å². The number of nitrogens with one attached hydrogen (secondary N) is 3. The van der Waals surface area contributed by atoms with Crippen LogP contribution in [0.15, 0.2) is 103 Å². The lowest BCUT2D eigenvalue weighted by atomic mass is 9.71. The Labute approximate surface area is 285 Å². The minimum atomic E-state index is -0.770. The predicted octanol–water partition coefficient (Wildman–Crippen LogP) is 6.95. The van der Waals surface area contributed by atoms with Gasteiger partial charge in [-0.25, -0.2) is 8.78 Å². The molecule has 254 valence electrons. The molecule has 5 aromatic rings. The molecule has 0 aliphatic carbocycles. The zero-order valence-electron chi connectivity index (χ0n) is 27.7. The van der Waals surface area contributed by atoms with Crippen LogP contribution >= 0.6 is 0 Å². The third-order valence-electron chi connectivity index (χ3n) is 9.81. The summed E-state index contributed by atoms with van der Waals surface area (Å²) in [5.74, 6) is -0.0991. The molecule has 2 amide bonds. The Morgan fingerprint density at radius 3 is 2.14 bits per heavy atom. The third kappa shape index (κ3) is 8.00. The molecule has 0 radical (unpaired) electrons. The number of hydrogen-bond acceptors (Lipinski definition) is 4. The highest BCUT2D eigenvalue weighted by atomic mass is 19.1. The fourth-order valence-corrected chi connectivity index (χ4v) is 7.12. The van der Waals surface area contributed by atoms with E-state index in [0.29, 0.717) is 18.0 Å². The number of piperidine rings is 1. The standard InChI is InChI=1S/C40H42F2N4O3/c1-49-37-10-5-3-8-34(37)28-19-23-46(24-20-28)22-6-21-40(30-11-15-32(41)16-12-30,31-13-17-33(42)18-14-31)27-44-38(47)26-43-39(48)36-25-29-7-2-4-9-35(29)45-36/h2-5,7-18,25,28,45H,6,19-24,26-27H2,1H3,(H,43,48)(H,44,47). The predicted molar refractivity (Wildman–Crippen MR) is 188 cm³/mol. The second-order valence-electron chi connectivity index (χ2n) is 12.8. The smallest absolute Gasteiger partial charge is 0.268 e. The van der Waals surface area contributed by atoms with Gasteiger partial charge in [-0.3, -0.25) is 9.59 Å². The van der Waals surface area contributed by atoms with Gasteiger partial charge in [0.1, 0.15) is 23.1 Å². The molecule has 0 spiro atoms. The molecular formula is C40H42F2N4O3. The van der Waals surface area contributed by atoms with E-state index in [-0.39, 0.29) is 36.5 Å². The molecule has 9 heteroatoms. The molecule has 1 aromatic heterocycles. The maximum Gasteiger partial charge on any atom is 0.268 e. The van der Waals surface area contributed by atoms with E-state index in [1.54, 1.807) is 37.4 Å². The highest BCUT2D eigenvalue weighted by Crippen LogP contribution is 2.38. The Morgan fingerprint density at radius 1 is 0.857 bits per heavy atom. The van der Waals surface area contributed by atoms with E-state index in [9.17, 15) is 18.4 Å². The van der Waals surface area contributed by atoms with Crippen LogP contribution in [-0.2, 0) is 10.2 Å². The molecule has 1 fully saturated rings. The largest absolute Gasteiger partial charge is 0.496 e. The van der Waals surface area contributed by atoms with Crippen molar-refractivity contribution in [3.05, 3.63) is 137 Å². The molecule has 4 aromatic carbocycles. The Bertz CT molecular complexity index is 1790. The number of ether oxygens (including phenoxy) is 1. The second-order valence-corrected chi connectivity index (χ2v) is 12.8. The van der Waals surface area contributed by atoms with E-state index < -0.39 is 5.41 Å². The van der Waals surface area contributed by atoms with Gasteiger partial charge in [0.05, 0.1) is 13.7 Å². The van der Waals surface area contributed by atoms with E-state index in [1.165, 1.54) is 29.8 Å². The van der Waals surface area contributed by atoms with E-state index in [1.807, 2.05) is 36.4 Å². The average Bonchev–Trinajstić information content (AvgIpc) is 3.58. The van der Waals surface area contributed by atoms with Crippen LogP contribution in [0.3, 0.4) is 0 Å². The summed E-state index contributed by atoms with van der Waals surface area (Å²) in [7, 11) is 1.71. The van der Waals surface area contributed by atoms with Crippen LogP contribution in [0.1, 0.15) is 58.8 Å². The van der Waals surface area contributed by atoms with Crippen LogP contribution in [-0.4, -0.2) is 61.5 Å². The van der Waals surface area contributed by atoms with E-state index in [0.717, 1.165) is 66.7 Å². The van der Waals surface area contributed by atoms with E-state index in [4.69, 9.17) is 4.74 Å². The quantitative estimate of drug-likeness (QED) is 0.127. The van der Waals surface area contributed by atoms with Gasteiger partial charge in [0.2, 0.25) is 5.91 Å². The minimum Gasteiger partial charge on any atom is -0.496 e. The van der Waals surface area contributed by atoms with Crippen LogP contribution < -0.4 is 15.4 Å². The van der Waals surface area contributed by atoms with Gasteiger partial charge in [-0.15, -0.1) is 0 Å². The normalized spacial score (nSPS) is 14.1. The molecule has 1 aliphatic heterocycles. The second kappa shape index (κ2) is 15.5. The first-order valence-electron chi connectivity index (χ1n) is 16.8. The van der Waals surface area contributed by atoms with Gasteiger partial charge in [0, 0.05) is 22.9 Å². The third-order valence-corrected chi connectivity index (χ3v) is 9.81. The number of halogens is 2. The first kappa shape index (κ1) is 33.9. The molecule has 49 heavy (non-hydrogen) atoms. The van der Waals surface area contributed by atoms with E-state index >= 15 is 0 Å². The van der Waals surface area contributed by atoms with Crippen LogP contribution in [0.2, 0.25) is 0 Å². The van der Waals surface area contributed by atoms with Gasteiger partial charge in [0.25, 0.3) is 5.91 Å². The number of carbonyl (C=O) groups is 2. The van der Waals surface area contributed by atoms with Gasteiger partial charge < -0.3 is 25.3 Å². The summed E-state index contributed by atoms with van der Waals surface area (Å²) in [6.07, 6.45) is 3.48. The Kier molecular flexibility index (Phi) is 10.7. The first-order valence-corrected chi connectivity index (χ1v) is 16.8. The van der Waals surface area contributed by atoms with Crippen molar-refractivity contribution in [2.24, 2.45) is 0 Å². The summed E-state index contributed by atoms with van der Waals surface area (Å²) in [4.78, 5) is 31.6. The number of methoxy groups -OCH3 is 1. The number of amides is 2. The number of hydrogen-bond donors (Lipinski definition) is 3. The van der Waals surface area contributed by atoms with Crippen LogP contribution in [0, 0.1) is 11.6 Å². The van der Waals surface area contributed by atoms with E-state index in [2.05, 4.69) is 32.7 Å². The molecule has 7 nitrogen and oxygen atoms in total.